The molecule has 0 aliphatic rings. The maximum Gasteiger partial charge on any atom is 0.338 e. The SMILES string of the molecule is CCCCCCCCOC(=O)c1c(C(C)C)cc(C(C)C)cc1C(C)C. The normalized spacial score (nSPS) is 11.6. The molecule has 0 aromatic heterocycles. The van der Waals surface area contributed by atoms with Crippen LogP contribution in [0.4, 0.5) is 0 Å². The first kappa shape index (κ1) is 22.7. The van der Waals surface area contributed by atoms with Crippen LogP contribution in [0.5, 0.6) is 0 Å². The lowest BCUT2D eigenvalue weighted by molar-refractivity contribution is 0.0494. The Balaban J connectivity index is 2.90. The highest BCUT2D eigenvalue weighted by molar-refractivity contribution is 5.93. The third kappa shape index (κ3) is 6.78. The zero-order valence-corrected chi connectivity index (χ0v) is 18.2. The minimum absolute atomic E-state index is 0.138. The van der Waals surface area contributed by atoms with E-state index in [9.17, 15) is 4.79 Å². The zero-order chi connectivity index (χ0) is 19.7. The molecular weight excluding hydrogens is 320 g/mol. The Morgan fingerprint density at radius 3 is 1.77 bits per heavy atom. The lowest BCUT2D eigenvalue weighted by atomic mass is 9.84. The van der Waals surface area contributed by atoms with Crippen molar-refractivity contribution < 1.29 is 9.53 Å². The fourth-order valence-electron chi connectivity index (χ4n) is 3.31. The molecule has 0 saturated heterocycles. The van der Waals surface area contributed by atoms with Crippen molar-refractivity contribution in [3.8, 4) is 0 Å². The third-order valence-corrected chi connectivity index (χ3v) is 5.07. The fourth-order valence-corrected chi connectivity index (χ4v) is 3.31. The van der Waals surface area contributed by atoms with Crippen LogP contribution in [0, 0.1) is 0 Å². The first-order valence-electron chi connectivity index (χ1n) is 10.6. The van der Waals surface area contributed by atoms with Crippen molar-refractivity contribution in [2.24, 2.45) is 0 Å². The zero-order valence-electron chi connectivity index (χ0n) is 18.2. The summed E-state index contributed by atoms with van der Waals surface area (Å²) in [5, 5.41) is 0. The lowest BCUT2D eigenvalue weighted by Crippen LogP contribution is -2.15. The molecule has 1 aromatic rings. The molecule has 0 radical (unpaired) electrons. The monoisotopic (exact) mass is 360 g/mol. The fraction of sp³-hybridized carbons (Fsp3) is 0.708. The Morgan fingerprint density at radius 2 is 1.31 bits per heavy atom. The highest BCUT2D eigenvalue weighted by Crippen LogP contribution is 2.32. The largest absolute Gasteiger partial charge is 0.462 e. The topological polar surface area (TPSA) is 26.3 Å². The van der Waals surface area contributed by atoms with Gasteiger partial charge in [0.05, 0.1) is 12.2 Å². The van der Waals surface area contributed by atoms with Crippen molar-refractivity contribution in [1.29, 1.82) is 0 Å². The average molecular weight is 361 g/mol. The van der Waals surface area contributed by atoms with Crippen molar-refractivity contribution in [3.63, 3.8) is 0 Å². The molecule has 0 spiro atoms. The summed E-state index contributed by atoms with van der Waals surface area (Å²) in [5.41, 5.74) is 4.39. The molecule has 0 fully saturated rings. The Kier molecular flexibility index (Phi) is 9.98. The number of esters is 1. The van der Waals surface area contributed by atoms with Gasteiger partial charge in [-0.25, -0.2) is 4.79 Å². The highest BCUT2D eigenvalue weighted by Gasteiger charge is 2.23. The number of rotatable bonds is 11. The van der Waals surface area contributed by atoms with Crippen LogP contribution in [0.3, 0.4) is 0 Å². The van der Waals surface area contributed by atoms with Crippen LogP contribution in [-0.2, 0) is 4.74 Å². The van der Waals surface area contributed by atoms with Gasteiger partial charge < -0.3 is 4.74 Å². The first-order chi connectivity index (χ1) is 12.3. The summed E-state index contributed by atoms with van der Waals surface area (Å²) in [6.45, 7) is 15.8. The second-order valence-corrected chi connectivity index (χ2v) is 8.44. The van der Waals surface area contributed by atoms with E-state index < -0.39 is 0 Å². The standard InChI is InChI=1S/C24H40O2/c1-8-9-10-11-12-13-14-26-24(25)23-21(18(4)5)15-20(17(2)3)16-22(23)19(6)7/h15-19H,8-14H2,1-7H3. The van der Waals surface area contributed by atoms with Crippen LogP contribution in [0.15, 0.2) is 12.1 Å². The molecular formula is C24H40O2. The number of unbranched alkanes of at least 4 members (excludes halogenated alkanes) is 5. The van der Waals surface area contributed by atoms with Crippen LogP contribution >= 0.6 is 0 Å². The third-order valence-electron chi connectivity index (χ3n) is 5.07. The molecule has 0 amide bonds. The predicted octanol–water partition coefficient (Wildman–Crippen LogP) is 7.57. The van der Waals surface area contributed by atoms with Gasteiger partial charge in [-0.1, -0.05) is 92.7 Å². The van der Waals surface area contributed by atoms with Gasteiger partial charge in [0.25, 0.3) is 0 Å². The van der Waals surface area contributed by atoms with Crippen molar-refractivity contribution in [3.05, 3.63) is 34.4 Å². The van der Waals surface area contributed by atoms with E-state index in [0.29, 0.717) is 24.4 Å². The number of carbonyl (C=O) groups is 1. The number of hydrogen-bond donors (Lipinski definition) is 0. The van der Waals surface area contributed by atoms with E-state index in [1.807, 2.05) is 0 Å². The van der Waals surface area contributed by atoms with Crippen molar-refractivity contribution in [2.75, 3.05) is 6.61 Å². The summed E-state index contributed by atoms with van der Waals surface area (Å²) in [4.78, 5) is 12.9. The molecule has 2 heteroatoms. The number of hydrogen-bond acceptors (Lipinski definition) is 2. The maximum absolute atomic E-state index is 12.9. The summed E-state index contributed by atoms with van der Waals surface area (Å²) in [7, 11) is 0. The molecule has 2 nitrogen and oxygen atoms in total. The van der Waals surface area contributed by atoms with Gasteiger partial charge in [-0.2, -0.15) is 0 Å². The van der Waals surface area contributed by atoms with Crippen LogP contribution in [0.1, 0.15) is 132 Å². The summed E-state index contributed by atoms with van der Waals surface area (Å²) < 4.78 is 5.68. The van der Waals surface area contributed by atoms with E-state index in [1.165, 1.54) is 31.2 Å². The molecule has 0 N–H and O–H groups in total. The van der Waals surface area contributed by atoms with Crippen LogP contribution in [-0.4, -0.2) is 12.6 Å². The molecule has 1 aromatic carbocycles. The molecule has 0 aliphatic heterocycles. The van der Waals surface area contributed by atoms with E-state index in [2.05, 4.69) is 60.6 Å². The highest BCUT2D eigenvalue weighted by atomic mass is 16.5. The smallest absolute Gasteiger partial charge is 0.338 e. The Labute approximate surface area is 161 Å². The van der Waals surface area contributed by atoms with Gasteiger partial charge in [-0.05, 0) is 40.9 Å². The van der Waals surface area contributed by atoms with E-state index in [4.69, 9.17) is 4.74 Å². The summed E-state index contributed by atoms with van der Waals surface area (Å²) in [6.07, 6.45) is 7.20. The van der Waals surface area contributed by atoms with Crippen molar-refractivity contribution in [1.82, 2.24) is 0 Å². The Morgan fingerprint density at radius 1 is 0.808 bits per heavy atom. The second-order valence-electron chi connectivity index (χ2n) is 8.44. The van der Waals surface area contributed by atoms with Gasteiger partial charge in [0.15, 0.2) is 0 Å². The van der Waals surface area contributed by atoms with Gasteiger partial charge in [0.1, 0.15) is 0 Å². The summed E-state index contributed by atoms with van der Waals surface area (Å²) >= 11 is 0. The molecule has 0 bridgehead atoms. The summed E-state index contributed by atoms with van der Waals surface area (Å²) in [5.74, 6) is 0.935. The molecule has 0 saturated carbocycles. The van der Waals surface area contributed by atoms with Gasteiger partial charge in [-0.3, -0.25) is 0 Å². The molecule has 1 rings (SSSR count). The van der Waals surface area contributed by atoms with E-state index >= 15 is 0 Å². The Hall–Kier alpha value is -1.31. The predicted molar refractivity (Wildman–Crippen MR) is 112 cm³/mol. The number of benzene rings is 1. The molecule has 0 heterocycles. The molecule has 0 aliphatic carbocycles. The molecule has 148 valence electrons. The number of ether oxygens (including phenoxy) is 1. The van der Waals surface area contributed by atoms with Crippen molar-refractivity contribution >= 4 is 5.97 Å². The Bertz CT molecular complexity index is 526. The second kappa shape index (κ2) is 11.4. The molecule has 0 atom stereocenters. The summed E-state index contributed by atoms with van der Waals surface area (Å²) in [6, 6.07) is 4.42. The van der Waals surface area contributed by atoms with Crippen LogP contribution in [0.25, 0.3) is 0 Å². The van der Waals surface area contributed by atoms with Gasteiger partial charge in [-0.15, -0.1) is 0 Å². The van der Waals surface area contributed by atoms with E-state index in [0.717, 1.165) is 29.5 Å². The molecule has 0 unspecified atom stereocenters. The molecule has 26 heavy (non-hydrogen) atoms. The number of carbonyl (C=O) groups excluding carboxylic acids is 1. The first-order valence-corrected chi connectivity index (χ1v) is 10.6. The van der Waals surface area contributed by atoms with Crippen LogP contribution in [0.2, 0.25) is 0 Å². The average Bonchev–Trinajstić information content (AvgIpc) is 2.59. The van der Waals surface area contributed by atoms with E-state index in [-0.39, 0.29) is 5.97 Å². The van der Waals surface area contributed by atoms with Crippen LogP contribution < -0.4 is 0 Å². The van der Waals surface area contributed by atoms with Gasteiger partial charge >= 0.3 is 5.97 Å². The van der Waals surface area contributed by atoms with Gasteiger partial charge in [0, 0.05) is 0 Å². The maximum atomic E-state index is 12.9. The van der Waals surface area contributed by atoms with Gasteiger partial charge in [0.2, 0.25) is 0 Å². The van der Waals surface area contributed by atoms with E-state index in [1.54, 1.807) is 0 Å². The minimum atomic E-state index is -0.138. The minimum Gasteiger partial charge on any atom is -0.462 e. The quantitative estimate of drug-likeness (QED) is 0.300. The lowest BCUT2D eigenvalue weighted by Gasteiger charge is -2.22. The van der Waals surface area contributed by atoms with Crippen molar-refractivity contribution in [2.45, 2.75) is 105 Å².